The average Bonchev–Trinajstić information content (AvgIpc) is 2.34. The molecule has 0 bridgehead atoms. The summed E-state index contributed by atoms with van der Waals surface area (Å²) in [6.45, 7) is 2.64. The van der Waals surface area contributed by atoms with E-state index in [1.54, 1.807) is 6.07 Å². The molecule has 17 heavy (non-hydrogen) atoms. The molecule has 0 saturated heterocycles. The van der Waals surface area contributed by atoms with Crippen molar-refractivity contribution in [3.8, 4) is 6.07 Å². The number of aromatic nitrogens is 1. The van der Waals surface area contributed by atoms with Gasteiger partial charge in [0.05, 0.1) is 20.3 Å². The van der Waals surface area contributed by atoms with Gasteiger partial charge in [0, 0.05) is 18.1 Å². The normalized spacial score (nSPS) is 10.2. The van der Waals surface area contributed by atoms with Crippen LogP contribution in [0.15, 0.2) is 18.3 Å². The van der Waals surface area contributed by atoms with Gasteiger partial charge in [0.1, 0.15) is 11.9 Å². The maximum Gasteiger partial charge on any atom is 0.138 e. The van der Waals surface area contributed by atoms with Crippen LogP contribution < -0.4 is 5.32 Å². The molecule has 0 radical (unpaired) electrons. The van der Waals surface area contributed by atoms with Gasteiger partial charge in [-0.3, -0.25) is 4.98 Å². The SMILES string of the molecule is CCNc1c(C#N)cnc2c(I)c(F)ccc12. The summed E-state index contributed by atoms with van der Waals surface area (Å²) < 4.78 is 13.9. The second-order valence-electron chi connectivity index (χ2n) is 3.45. The van der Waals surface area contributed by atoms with Gasteiger partial charge in [-0.2, -0.15) is 5.26 Å². The van der Waals surface area contributed by atoms with E-state index in [4.69, 9.17) is 5.26 Å². The summed E-state index contributed by atoms with van der Waals surface area (Å²) in [5.74, 6) is -0.294. The summed E-state index contributed by atoms with van der Waals surface area (Å²) in [4.78, 5) is 4.15. The van der Waals surface area contributed by atoms with Crippen LogP contribution in [0, 0.1) is 20.7 Å². The Balaban J connectivity index is 2.82. The first kappa shape index (κ1) is 12.0. The lowest BCUT2D eigenvalue weighted by atomic mass is 10.1. The minimum absolute atomic E-state index is 0.294. The van der Waals surface area contributed by atoms with Crippen LogP contribution in [0.2, 0.25) is 0 Å². The zero-order valence-corrected chi connectivity index (χ0v) is 11.2. The minimum atomic E-state index is -0.294. The Morgan fingerprint density at radius 3 is 2.94 bits per heavy atom. The molecule has 0 aliphatic rings. The van der Waals surface area contributed by atoms with Crippen LogP contribution in [-0.2, 0) is 0 Å². The van der Waals surface area contributed by atoms with E-state index in [1.165, 1.54) is 12.3 Å². The minimum Gasteiger partial charge on any atom is -0.384 e. The van der Waals surface area contributed by atoms with Crippen LogP contribution >= 0.6 is 22.6 Å². The van der Waals surface area contributed by atoms with Crippen molar-refractivity contribution >= 4 is 39.2 Å². The fourth-order valence-electron chi connectivity index (χ4n) is 1.66. The number of halogens is 2. The van der Waals surface area contributed by atoms with Crippen molar-refractivity contribution < 1.29 is 4.39 Å². The Morgan fingerprint density at radius 2 is 2.29 bits per heavy atom. The first-order valence-corrected chi connectivity index (χ1v) is 6.17. The highest BCUT2D eigenvalue weighted by atomic mass is 127. The number of hydrogen-bond donors (Lipinski definition) is 1. The number of nitriles is 1. The van der Waals surface area contributed by atoms with Gasteiger partial charge in [-0.15, -0.1) is 0 Å². The predicted octanol–water partition coefficient (Wildman–Crippen LogP) is 3.28. The number of pyridine rings is 1. The van der Waals surface area contributed by atoms with E-state index >= 15 is 0 Å². The maximum atomic E-state index is 13.4. The monoisotopic (exact) mass is 341 g/mol. The molecule has 3 nitrogen and oxygen atoms in total. The van der Waals surface area contributed by atoms with Gasteiger partial charge in [-0.05, 0) is 41.6 Å². The van der Waals surface area contributed by atoms with Gasteiger partial charge >= 0.3 is 0 Å². The van der Waals surface area contributed by atoms with E-state index in [0.717, 1.165) is 11.1 Å². The fourth-order valence-corrected chi connectivity index (χ4v) is 2.27. The maximum absolute atomic E-state index is 13.4. The Labute approximate surface area is 112 Å². The molecule has 0 aliphatic heterocycles. The molecule has 2 rings (SSSR count). The van der Waals surface area contributed by atoms with E-state index in [0.29, 0.717) is 21.2 Å². The van der Waals surface area contributed by atoms with E-state index < -0.39 is 0 Å². The van der Waals surface area contributed by atoms with Crippen LogP contribution in [0.1, 0.15) is 12.5 Å². The van der Waals surface area contributed by atoms with Crippen molar-refractivity contribution in [3.05, 3.63) is 33.3 Å². The zero-order valence-electron chi connectivity index (χ0n) is 9.09. The van der Waals surface area contributed by atoms with Crippen molar-refractivity contribution in [1.29, 1.82) is 5.26 Å². The van der Waals surface area contributed by atoms with Crippen molar-refractivity contribution in [1.82, 2.24) is 4.98 Å². The first-order valence-electron chi connectivity index (χ1n) is 5.09. The highest BCUT2D eigenvalue weighted by Crippen LogP contribution is 2.29. The Morgan fingerprint density at radius 1 is 1.53 bits per heavy atom. The van der Waals surface area contributed by atoms with E-state index in [1.807, 2.05) is 29.5 Å². The fraction of sp³-hybridized carbons (Fsp3) is 0.167. The molecule has 86 valence electrons. The molecule has 5 heteroatoms. The molecule has 0 spiro atoms. The number of fused-ring (bicyclic) bond motifs is 1. The molecule has 0 saturated carbocycles. The molecular formula is C12H9FIN3. The molecule has 2 aromatic rings. The van der Waals surface area contributed by atoms with Crippen LogP contribution in [0.25, 0.3) is 10.9 Å². The quantitative estimate of drug-likeness (QED) is 0.853. The molecule has 0 fully saturated rings. The number of rotatable bonds is 2. The highest BCUT2D eigenvalue weighted by molar-refractivity contribution is 14.1. The lowest BCUT2D eigenvalue weighted by molar-refractivity contribution is 0.622. The van der Waals surface area contributed by atoms with Crippen LogP contribution in [0.3, 0.4) is 0 Å². The van der Waals surface area contributed by atoms with Gasteiger partial charge in [0.2, 0.25) is 0 Å². The standard InChI is InChI=1S/C12H9FIN3/c1-2-16-11-7(5-15)6-17-12-8(11)3-4-9(13)10(12)14/h3-4,6H,2H2,1H3,(H,16,17). The number of nitrogens with one attached hydrogen (secondary N) is 1. The number of hydrogen-bond acceptors (Lipinski definition) is 3. The third-order valence-corrected chi connectivity index (χ3v) is 3.43. The molecule has 1 N–H and O–H groups in total. The van der Waals surface area contributed by atoms with Gasteiger partial charge in [-0.25, -0.2) is 4.39 Å². The smallest absolute Gasteiger partial charge is 0.138 e. The zero-order chi connectivity index (χ0) is 12.4. The molecule has 1 aromatic heterocycles. The van der Waals surface area contributed by atoms with Crippen molar-refractivity contribution in [2.75, 3.05) is 11.9 Å². The van der Waals surface area contributed by atoms with Gasteiger partial charge in [0.15, 0.2) is 0 Å². The Hall–Kier alpha value is -1.42. The summed E-state index contributed by atoms with van der Waals surface area (Å²) in [5.41, 5.74) is 1.78. The lowest BCUT2D eigenvalue weighted by Crippen LogP contribution is -2.02. The summed E-state index contributed by atoms with van der Waals surface area (Å²) in [7, 11) is 0. The largest absolute Gasteiger partial charge is 0.384 e. The Kier molecular flexibility index (Phi) is 3.43. The van der Waals surface area contributed by atoms with Crippen LogP contribution in [0.5, 0.6) is 0 Å². The summed E-state index contributed by atoms with van der Waals surface area (Å²) in [6, 6.07) is 5.13. The van der Waals surface area contributed by atoms with Crippen LogP contribution in [0.4, 0.5) is 10.1 Å². The summed E-state index contributed by atoms with van der Waals surface area (Å²) in [5, 5.41) is 12.9. The molecule has 1 aromatic carbocycles. The third kappa shape index (κ3) is 2.05. The second-order valence-corrected chi connectivity index (χ2v) is 4.53. The van der Waals surface area contributed by atoms with E-state index in [2.05, 4.69) is 16.4 Å². The predicted molar refractivity (Wildman–Crippen MR) is 73.3 cm³/mol. The van der Waals surface area contributed by atoms with Gasteiger partial charge < -0.3 is 5.32 Å². The van der Waals surface area contributed by atoms with Gasteiger partial charge in [0.25, 0.3) is 0 Å². The number of anilines is 1. The second kappa shape index (κ2) is 4.84. The molecular weight excluding hydrogens is 332 g/mol. The lowest BCUT2D eigenvalue weighted by Gasteiger charge is -2.10. The molecule has 0 unspecified atom stereocenters. The molecule has 1 heterocycles. The summed E-state index contributed by atoms with van der Waals surface area (Å²) >= 11 is 1.92. The van der Waals surface area contributed by atoms with E-state index in [-0.39, 0.29) is 5.82 Å². The van der Waals surface area contributed by atoms with Crippen LogP contribution in [-0.4, -0.2) is 11.5 Å². The molecule has 0 amide bonds. The van der Waals surface area contributed by atoms with Crippen molar-refractivity contribution in [2.24, 2.45) is 0 Å². The third-order valence-electron chi connectivity index (χ3n) is 2.40. The molecule has 0 aliphatic carbocycles. The number of nitrogens with zero attached hydrogens (tertiary/aromatic N) is 2. The summed E-state index contributed by atoms with van der Waals surface area (Å²) in [6.07, 6.45) is 1.47. The average molecular weight is 341 g/mol. The van der Waals surface area contributed by atoms with Crippen molar-refractivity contribution in [3.63, 3.8) is 0 Å². The molecule has 0 atom stereocenters. The highest BCUT2D eigenvalue weighted by Gasteiger charge is 2.12. The van der Waals surface area contributed by atoms with Crippen molar-refractivity contribution in [2.45, 2.75) is 6.92 Å². The topological polar surface area (TPSA) is 48.7 Å². The number of benzene rings is 1. The van der Waals surface area contributed by atoms with E-state index in [9.17, 15) is 4.39 Å². The van der Waals surface area contributed by atoms with Gasteiger partial charge in [-0.1, -0.05) is 0 Å². The Bertz CT molecular complexity index is 619. The first-order chi connectivity index (χ1) is 8.19.